The third-order valence-corrected chi connectivity index (χ3v) is 6.53. The molecule has 0 aromatic heterocycles. The monoisotopic (exact) mass is 441 g/mol. The number of alkyl halides is 3. The summed E-state index contributed by atoms with van der Waals surface area (Å²) in [5.41, 5.74) is 0.117. The van der Waals surface area contributed by atoms with Crippen LogP contribution in [0, 0.1) is 23.7 Å². The fraction of sp³-hybridized carbons (Fsp3) is 0.619. The summed E-state index contributed by atoms with van der Waals surface area (Å²) in [6.45, 7) is 3.91. The highest BCUT2D eigenvalue weighted by molar-refractivity contribution is 5.94. The molecule has 2 heterocycles. The molecule has 7 nitrogen and oxygen atoms in total. The van der Waals surface area contributed by atoms with Crippen LogP contribution in [0.2, 0.25) is 0 Å². The van der Waals surface area contributed by atoms with Crippen molar-refractivity contribution in [1.29, 1.82) is 0 Å². The Kier molecular flexibility index (Phi) is 6.11. The van der Waals surface area contributed by atoms with Gasteiger partial charge < -0.3 is 20.1 Å². The average molecular weight is 441 g/mol. The number of hydrogen-bond donors (Lipinski definition) is 2. The summed E-state index contributed by atoms with van der Waals surface area (Å²) in [6.07, 6.45) is -3.95. The first-order chi connectivity index (χ1) is 14.7. The van der Waals surface area contributed by atoms with Crippen LogP contribution in [0.15, 0.2) is 24.3 Å². The molecule has 1 aliphatic carbocycles. The molecule has 4 rings (SSSR count). The first-order valence-corrected chi connectivity index (χ1v) is 10.5. The maximum atomic E-state index is 12.4. The molecule has 3 unspecified atom stereocenters. The van der Waals surface area contributed by atoms with E-state index in [1.54, 1.807) is 0 Å². The molecule has 3 fully saturated rings. The van der Waals surface area contributed by atoms with Crippen LogP contribution in [0.4, 0.5) is 13.2 Å². The second-order valence-electron chi connectivity index (χ2n) is 8.65. The van der Waals surface area contributed by atoms with Crippen molar-refractivity contribution in [3.05, 3.63) is 29.8 Å². The Bertz CT molecular complexity index is 822. The lowest BCUT2D eigenvalue weighted by molar-refractivity contribution is -0.274. The van der Waals surface area contributed by atoms with Crippen molar-refractivity contribution in [1.82, 2.24) is 15.1 Å². The van der Waals surface area contributed by atoms with Gasteiger partial charge in [-0.25, -0.2) is 0 Å². The van der Waals surface area contributed by atoms with Gasteiger partial charge in [0.15, 0.2) is 0 Å². The molecule has 31 heavy (non-hydrogen) atoms. The first kappa shape index (κ1) is 21.9. The van der Waals surface area contributed by atoms with Crippen molar-refractivity contribution in [2.75, 3.05) is 45.9 Å². The van der Waals surface area contributed by atoms with E-state index in [1.807, 2.05) is 4.90 Å². The van der Waals surface area contributed by atoms with E-state index in [1.165, 1.54) is 12.1 Å². The molecular weight excluding hydrogens is 415 g/mol. The Morgan fingerprint density at radius 2 is 1.94 bits per heavy atom. The number of aliphatic hydroxyl groups is 1. The SMILES string of the molecule is O=C(NCC1C2CN(CC(=O)N3CCC(CO)C3)CC12)c1cccc(OC(F)(F)F)c1. The van der Waals surface area contributed by atoms with E-state index >= 15 is 0 Å². The largest absolute Gasteiger partial charge is 0.573 e. The number of carbonyl (C=O) groups excluding carboxylic acids is 2. The molecule has 2 amide bonds. The lowest BCUT2D eigenvalue weighted by Crippen LogP contribution is -2.40. The van der Waals surface area contributed by atoms with Crippen LogP contribution in [0.25, 0.3) is 0 Å². The van der Waals surface area contributed by atoms with Crippen LogP contribution in [0.3, 0.4) is 0 Å². The molecule has 3 aliphatic rings. The van der Waals surface area contributed by atoms with Crippen molar-refractivity contribution >= 4 is 11.8 Å². The van der Waals surface area contributed by atoms with Crippen molar-refractivity contribution in [3.63, 3.8) is 0 Å². The van der Waals surface area contributed by atoms with Gasteiger partial charge in [-0.15, -0.1) is 13.2 Å². The van der Waals surface area contributed by atoms with Crippen LogP contribution in [0.5, 0.6) is 5.75 Å². The first-order valence-electron chi connectivity index (χ1n) is 10.5. The predicted octanol–water partition coefficient (Wildman–Crippen LogP) is 1.33. The minimum absolute atomic E-state index is 0.100. The smallest absolute Gasteiger partial charge is 0.406 e. The summed E-state index contributed by atoms with van der Waals surface area (Å²) >= 11 is 0. The Labute approximate surface area is 178 Å². The number of nitrogens with one attached hydrogen (secondary N) is 1. The summed E-state index contributed by atoms with van der Waals surface area (Å²) in [6, 6.07) is 5.01. The molecule has 2 saturated heterocycles. The number of ether oxygens (including phenoxy) is 1. The zero-order valence-corrected chi connectivity index (χ0v) is 17.0. The number of halogens is 3. The number of hydrogen-bond acceptors (Lipinski definition) is 5. The molecule has 170 valence electrons. The third-order valence-electron chi connectivity index (χ3n) is 6.53. The van der Waals surface area contributed by atoms with Gasteiger partial charge in [0.1, 0.15) is 5.75 Å². The van der Waals surface area contributed by atoms with E-state index in [0.717, 1.165) is 31.6 Å². The maximum absolute atomic E-state index is 12.4. The molecule has 2 aliphatic heterocycles. The lowest BCUT2D eigenvalue weighted by Gasteiger charge is -2.23. The van der Waals surface area contributed by atoms with E-state index in [4.69, 9.17) is 0 Å². The number of aliphatic hydroxyl groups excluding tert-OH is 1. The summed E-state index contributed by atoms with van der Waals surface area (Å²) < 4.78 is 40.9. The van der Waals surface area contributed by atoms with Crippen LogP contribution in [-0.2, 0) is 4.79 Å². The number of piperidine rings is 1. The van der Waals surface area contributed by atoms with Crippen LogP contribution >= 0.6 is 0 Å². The fourth-order valence-electron chi connectivity index (χ4n) is 4.82. The molecular formula is C21H26F3N3O4. The summed E-state index contributed by atoms with van der Waals surface area (Å²) in [5, 5.41) is 12.0. The molecule has 3 atom stereocenters. The van der Waals surface area contributed by atoms with Gasteiger partial charge in [0.25, 0.3) is 5.91 Å². The number of benzene rings is 1. The van der Waals surface area contributed by atoms with Gasteiger partial charge in [-0.1, -0.05) is 6.07 Å². The summed E-state index contributed by atoms with van der Waals surface area (Å²) in [4.78, 5) is 28.7. The highest BCUT2D eigenvalue weighted by Gasteiger charge is 2.55. The number of amides is 2. The normalized spacial score (nSPS) is 27.8. The van der Waals surface area contributed by atoms with Gasteiger partial charge in [0.2, 0.25) is 5.91 Å². The predicted molar refractivity (Wildman–Crippen MR) is 104 cm³/mol. The quantitative estimate of drug-likeness (QED) is 0.668. The van der Waals surface area contributed by atoms with Crippen molar-refractivity contribution in [2.24, 2.45) is 23.7 Å². The Hall–Kier alpha value is -2.33. The van der Waals surface area contributed by atoms with Crippen LogP contribution < -0.4 is 10.1 Å². The van der Waals surface area contributed by atoms with Gasteiger partial charge in [-0.05, 0) is 42.4 Å². The topological polar surface area (TPSA) is 82.1 Å². The van der Waals surface area contributed by atoms with Crippen LogP contribution in [0.1, 0.15) is 16.8 Å². The second kappa shape index (κ2) is 8.66. The third kappa shape index (κ3) is 5.30. The number of nitrogens with zero attached hydrogens (tertiary/aromatic N) is 2. The van der Waals surface area contributed by atoms with Gasteiger partial charge >= 0.3 is 6.36 Å². The highest BCUT2D eigenvalue weighted by Crippen LogP contribution is 2.51. The van der Waals surface area contributed by atoms with E-state index < -0.39 is 18.0 Å². The minimum Gasteiger partial charge on any atom is -0.406 e. The van der Waals surface area contributed by atoms with Gasteiger partial charge in [0, 0.05) is 50.8 Å². The van der Waals surface area contributed by atoms with Crippen molar-refractivity contribution in [2.45, 2.75) is 12.8 Å². The van der Waals surface area contributed by atoms with Crippen LogP contribution in [-0.4, -0.2) is 79.0 Å². The molecule has 0 bridgehead atoms. The summed E-state index contributed by atoms with van der Waals surface area (Å²) in [7, 11) is 0. The molecule has 1 aromatic carbocycles. The lowest BCUT2D eigenvalue weighted by atomic mass is 10.1. The maximum Gasteiger partial charge on any atom is 0.573 e. The Balaban J connectivity index is 1.19. The van der Waals surface area contributed by atoms with Gasteiger partial charge in [-0.2, -0.15) is 0 Å². The molecule has 1 aromatic rings. The zero-order valence-electron chi connectivity index (χ0n) is 17.0. The van der Waals surface area contributed by atoms with E-state index in [-0.39, 0.29) is 24.0 Å². The number of carbonyl (C=O) groups is 2. The number of rotatable bonds is 7. The minimum atomic E-state index is -4.80. The molecule has 0 spiro atoms. The molecule has 0 radical (unpaired) electrons. The van der Waals surface area contributed by atoms with E-state index in [9.17, 15) is 27.9 Å². The number of fused-ring (bicyclic) bond motifs is 1. The molecule has 10 heteroatoms. The standard InChI is InChI=1S/C21H26F3N3O4/c22-21(23,24)31-15-3-1-2-14(6-15)20(30)25-7-16-17-9-26(10-18(16)17)11-19(29)27-5-4-13(8-27)12-28/h1-3,6,13,16-18,28H,4-5,7-12H2,(H,25,30). The van der Waals surface area contributed by atoms with Crippen molar-refractivity contribution in [3.8, 4) is 5.75 Å². The zero-order chi connectivity index (χ0) is 22.2. The van der Waals surface area contributed by atoms with Gasteiger partial charge in [-0.3, -0.25) is 14.5 Å². The summed E-state index contributed by atoms with van der Waals surface area (Å²) in [5.74, 6) is 0.612. The Morgan fingerprint density at radius 1 is 1.19 bits per heavy atom. The highest BCUT2D eigenvalue weighted by atomic mass is 19.4. The average Bonchev–Trinajstić information content (AvgIpc) is 3.08. The number of likely N-dealkylation sites (tertiary alicyclic amines) is 2. The molecule has 1 saturated carbocycles. The molecule has 2 N–H and O–H groups in total. The Morgan fingerprint density at radius 3 is 2.58 bits per heavy atom. The second-order valence-corrected chi connectivity index (χ2v) is 8.65. The fourth-order valence-corrected chi connectivity index (χ4v) is 4.82. The van der Waals surface area contributed by atoms with E-state index in [0.29, 0.717) is 43.9 Å². The van der Waals surface area contributed by atoms with Gasteiger partial charge in [0.05, 0.1) is 6.54 Å². The van der Waals surface area contributed by atoms with E-state index in [2.05, 4.69) is 15.0 Å². The van der Waals surface area contributed by atoms with Crippen molar-refractivity contribution < 1.29 is 32.6 Å².